The van der Waals surface area contributed by atoms with E-state index in [-0.39, 0.29) is 5.91 Å². The Balaban J connectivity index is 1.13. The molecule has 1 aromatic rings. The van der Waals surface area contributed by atoms with Gasteiger partial charge in [-0.3, -0.25) is 9.59 Å². The minimum absolute atomic E-state index is 0.0752. The molecule has 0 aromatic heterocycles. The molecule has 164 valence electrons. The third-order valence-corrected chi connectivity index (χ3v) is 7.38. The van der Waals surface area contributed by atoms with Gasteiger partial charge in [0.1, 0.15) is 0 Å². The molecule has 5 nitrogen and oxygen atoms in total. The molecule has 3 aliphatic heterocycles. The summed E-state index contributed by atoms with van der Waals surface area (Å²) < 4.78 is 0. The summed E-state index contributed by atoms with van der Waals surface area (Å²) in [6.07, 6.45) is 10.6. The molecule has 1 N–H and O–H groups in total. The Labute approximate surface area is 181 Å². The average Bonchev–Trinajstić information content (AvgIpc) is 3.13. The van der Waals surface area contributed by atoms with Gasteiger partial charge in [-0.05, 0) is 88.1 Å². The Morgan fingerprint density at radius 2 is 1.97 bits per heavy atom. The number of benzene rings is 1. The Morgan fingerprint density at radius 1 is 1.13 bits per heavy atom. The van der Waals surface area contributed by atoms with Crippen LogP contribution in [0.15, 0.2) is 18.2 Å². The standard InChI is InChI=1S/C25H37N3O2/c1-19-5-2-3-13-27(19)14-10-20-11-15-28(16-12-20)25(30)7-4-6-21-8-9-23-22(17-21)18-24(29)26-23/h8-9,17,19-20H,2-7,10-16,18H2,1H3,(H,26,29). The van der Waals surface area contributed by atoms with Gasteiger partial charge in [-0.15, -0.1) is 0 Å². The molecule has 0 spiro atoms. The van der Waals surface area contributed by atoms with E-state index in [1.54, 1.807) is 0 Å². The van der Waals surface area contributed by atoms with E-state index in [2.05, 4.69) is 34.2 Å². The largest absolute Gasteiger partial charge is 0.343 e. The van der Waals surface area contributed by atoms with Gasteiger partial charge >= 0.3 is 0 Å². The number of hydrogen-bond donors (Lipinski definition) is 1. The van der Waals surface area contributed by atoms with Crippen LogP contribution in [0, 0.1) is 5.92 Å². The van der Waals surface area contributed by atoms with Gasteiger partial charge in [0.15, 0.2) is 0 Å². The van der Waals surface area contributed by atoms with Crippen molar-refractivity contribution >= 4 is 17.5 Å². The Morgan fingerprint density at radius 3 is 2.77 bits per heavy atom. The highest BCUT2D eigenvalue weighted by molar-refractivity contribution is 5.99. The number of fused-ring (bicyclic) bond motifs is 1. The molecule has 4 rings (SSSR count). The van der Waals surface area contributed by atoms with Gasteiger partial charge < -0.3 is 15.1 Å². The fourth-order valence-corrected chi connectivity index (χ4v) is 5.35. The van der Waals surface area contributed by atoms with E-state index in [1.807, 2.05) is 6.07 Å². The molecule has 3 aliphatic rings. The van der Waals surface area contributed by atoms with Gasteiger partial charge in [0.05, 0.1) is 6.42 Å². The number of carbonyl (C=O) groups excluding carboxylic acids is 2. The zero-order valence-electron chi connectivity index (χ0n) is 18.5. The third-order valence-electron chi connectivity index (χ3n) is 7.38. The number of aryl methyl sites for hydroxylation is 1. The lowest BCUT2D eigenvalue weighted by molar-refractivity contribution is -0.132. The molecule has 2 amide bonds. The number of piperidine rings is 2. The normalized spacial score (nSPS) is 22.8. The van der Waals surface area contributed by atoms with Crippen LogP contribution in [-0.2, 0) is 22.4 Å². The topological polar surface area (TPSA) is 52.7 Å². The van der Waals surface area contributed by atoms with Gasteiger partial charge in [-0.2, -0.15) is 0 Å². The molecule has 1 unspecified atom stereocenters. The molecule has 0 radical (unpaired) electrons. The number of carbonyl (C=O) groups is 2. The van der Waals surface area contributed by atoms with Crippen molar-refractivity contribution in [2.24, 2.45) is 5.92 Å². The molecule has 0 bridgehead atoms. The lowest BCUT2D eigenvalue weighted by atomic mass is 9.92. The Kier molecular flexibility index (Phi) is 7.08. The summed E-state index contributed by atoms with van der Waals surface area (Å²) in [6, 6.07) is 6.94. The first kappa shape index (κ1) is 21.4. The van der Waals surface area contributed by atoms with Crippen LogP contribution in [0.25, 0.3) is 0 Å². The van der Waals surface area contributed by atoms with Crippen LogP contribution in [-0.4, -0.2) is 53.8 Å². The first-order valence-electron chi connectivity index (χ1n) is 12.0. The minimum Gasteiger partial charge on any atom is -0.343 e. The summed E-state index contributed by atoms with van der Waals surface area (Å²) >= 11 is 0. The van der Waals surface area contributed by atoms with E-state index in [9.17, 15) is 9.59 Å². The zero-order chi connectivity index (χ0) is 20.9. The van der Waals surface area contributed by atoms with Crippen molar-refractivity contribution < 1.29 is 9.59 Å². The summed E-state index contributed by atoms with van der Waals surface area (Å²) in [4.78, 5) is 28.9. The molecule has 2 fully saturated rings. The predicted molar refractivity (Wildman–Crippen MR) is 121 cm³/mol. The number of likely N-dealkylation sites (tertiary alicyclic amines) is 2. The fourth-order valence-electron chi connectivity index (χ4n) is 5.35. The number of nitrogens with one attached hydrogen (secondary N) is 1. The van der Waals surface area contributed by atoms with Crippen LogP contribution in [0.5, 0.6) is 0 Å². The van der Waals surface area contributed by atoms with E-state index in [0.29, 0.717) is 18.7 Å². The number of amides is 2. The van der Waals surface area contributed by atoms with Crippen molar-refractivity contribution in [3.05, 3.63) is 29.3 Å². The van der Waals surface area contributed by atoms with Crippen LogP contribution < -0.4 is 5.32 Å². The molecule has 1 atom stereocenters. The molecule has 0 aliphatic carbocycles. The van der Waals surface area contributed by atoms with Gasteiger partial charge in [-0.25, -0.2) is 0 Å². The van der Waals surface area contributed by atoms with Crippen molar-refractivity contribution in [2.75, 3.05) is 31.5 Å². The van der Waals surface area contributed by atoms with Crippen molar-refractivity contribution in [3.8, 4) is 0 Å². The van der Waals surface area contributed by atoms with E-state index in [4.69, 9.17) is 0 Å². The highest BCUT2D eigenvalue weighted by atomic mass is 16.2. The van der Waals surface area contributed by atoms with E-state index < -0.39 is 0 Å². The van der Waals surface area contributed by atoms with Crippen LogP contribution in [0.2, 0.25) is 0 Å². The molecule has 1 aromatic carbocycles. The molecule has 0 saturated carbocycles. The van der Waals surface area contributed by atoms with Gasteiger partial charge in [0.25, 0.3) is 0 Å². The third kappa shape index (κ3) is 5.42. The van der Waals surface area contributed by atoms with Crippen molar-refractivity contribution in [3.63, 3.8) is 0 Å². The summed E-state index contributed by atoms with van der Waals surface area (Å²) in [7, 11) is 0. The van der Waals surface area contributed by atoms with Crippen LogP contribution in [0.1, 0.15) is 69.4 Å². The molecule has 2 saturated heterocycles. The minimum atomic E-state index is 0.0752. The molecular formula is C25H37N3O2. The predicted octanol–water partition coefficient (Wildman–Crippen LogP) is 4.01. The Bertz CT molecular complexity index is 755. The van der Waals surface area contributed by atoms with Crippen LogP contribution in [0.4, 0.5) is 5.69 Å². The highest BCUT2D eigenvalue weighted by Gasteiger charge is 2.24. The van der Waals surface area contributed by atoms with Crippen molar-refractivity contribution in [2.45, 2.75) is 77.2 Å². The molecular weight excluding hydrogens is 374 g/mol. The van der Waals surface area contributed by atoms with Gasteiger partial charge in [0.2, 0.25) is 11.8 Å². The molecule has 30 heavy (non-hydrogen) atoms. The smallest absolute Gasteiger partial charge is 0.228 e. The maximum Gasteiger partial charge on any atom is 0.228 e. The molecule has 5 heteroatoms. The van der Waals surface area contributed by atoms with Crippen molar-refractivity contribution in [1.82, 2.24) is 9.80 Å². The average molecular weight is 412 g/mol. The SMILES string of the molecule is CC1CCCCN1CCC1CCN(C(=O)CCCc2ccc3c(c2)CC(=O)N3)CC1. The lowest BCUT2D eigenvalue weighted by Crippen LogP contribution is -2.41. The summed E-state index contributed by atoms with van der Waals surface area (Å²) in [6.45, 7) is 6.76. The van der Waals surface area contributed by atoms with Gasteiger partial charge in [-0.1, -0.05) is 18.6 Å². The number of anilines is 1. The van der Waals surface area contributed by atoms with Crippen LogP contribution >= 0.6 is 0 Å². The maximum absolute atomic E-state index is 12.6. The highest BCUT2D eigenvalue weighted by Crippen LogP contribution is 2.26. The van der Waals surface area contributed by atoms with E-state index >= 15 is 0 Å². The second-order valence-electron chi connectivity index (χ2n) is 9.56. The first-order valence-corrected chi connectivity index (χ1v) is 12.0. The first-order chi connectivity index (χ1) is 14.6. The van der Waals surface area contributed by atoms with Crippen LogP contribution in [0.3, 0.4) is 0 Å². The Hall–Kier alpha value is -1.88. The molecule has 3 heterocycles. The van der Waals surface area contributed by atoms with Crippen molar-refractivity contribution in [1.29, 1.82) is 0 Å². The second kappa shape index (κ2) is 9.95. The van der Waals surface area contributed by atoms with E-state index in [1.165, 1.54) is 57.2 Å². The number of hydrogen-bond acceptors (Lipinski definition) is 3. The lowest BCUT2D eigenvalue weighted by Gasteiger charge is -2.36. The van der Waals surface area contributed by atoms with Gasteiger partial charge in [0, 0.05) is 31.2 Å². The summed E-state index contributed by atoms with van der Waals surface area (Å²) in [5.74, 6) is 1.17. The summed E-state index contributed by atoms with van der Waals surface area (Å²) in [5.41, 5.74) is 3.26. The maximum atomic E-state index is 12.6. The van der Waals surface area contributed by atoms with E-state index in [0.717, 1.165) is 49.1 Å². The quantitative estimate of drug-likeness (QED) is 0.738. The second-order valence-corrected chi connectivity index (χ2v) is 9.56. The monoisotopic (exact) mass is 411 g/mol. The summed E-state index contributed by atoms with van der Waals surface area (Å²) in [5, 5.41) is 2.87. The zero-order valence-corrected chi connectivity index (χ0v) is 18.5. The number of rotatable bonds is 7. The fraction of sp³-hybridized carbons (Fsp3) is 0.680. The number of nitrogens with zero attached hydrogens (tertiary/aromatic N) is 2.